The first kappa shape index (κ1) is 18.3. The second kappa shape index (κ2) is 6.85. The summed E-state index contributed by atoms with van der Waals surface area (Å²) in [5.41, 5.74) is 3.50. The molecular formula is C20H18F3N3O2. The smallest absolute Gasteiger partial charge is 0.471 e. The Morgan fingerprint density at radius 3 is 2.61 bits per heavy atom. The summed E-state index contributed by atoms with van der Waals surface area (Å²) in [6, 6.07) is 9.27. The van der Waals surface area contributed by atoms with Crippen molar-refractivity contribution in [3.8, 4) is 5.88 Å². The Kier molecular flexibility index (Phi) is 4.49. The largest absolute Gasteiger partial charge is 0.494 e. The Labute approximate surface area is 159 Å². The topological polar surface area (TPSA) is 58.4 Å². The van der Waals surface area contributed by atoms with Crippen molar-refractivity contribution >= 4 is 16.8 Å². The molecule has 146 valence electrons. The molecule has 3 aromatic rings. The van der Waals surface area contributed by atoms with E-state index in [1.165, 1.54) is 0 Å². The van der Waals surface area contributed by atoms with Gasteiger partial charge in [0.1, 0.15) is 0 Å². The zero-order valence-electron chi connectivity index (χ0n) is 14.9. The zero-order chi connectivity index (χ0) is 19.9. The summed E-state index contributed by atoms with van der Waals surface area (Å²) in [5, 5.41) is 11.0. The van der Waals surface area contributed by atoms with E-state index in [-0.39, 0.29) is 19.0 Å². The van der Waals surface area contributed by atoms with Crippen LogP contribution in [0.3, 0.4) is 0 Å². The van der Waals surface area contributed by atoms with Crippen LogP contribution in [0.25, 0.3) is 10.9 Å². The highest BCUT2D eigenvalue weighted by molar-refractivity contribution is 5.84. The number of pyridine rings is 1. The minimum Gasteiger partial charge on any atom is -0.494 e. The van der Waals surface area contributed by atoms with Crippen LogP contribution in [0.2, 0.25) is 0 Å². The minimum absolute atomic E-state index is 0.0391. The Morgan fingerprint density at radius 2 is 1.89 bits per heavy atom. The fraction of sp³-hybridized carbons (Fsp3) is 0.300. The van der Waals surface area contributed by atoms with Crippen molar-refractivity contribution in [1.29, 1.82) is 0 Å². The van der Waals surface area contributed by atoms with Gasteiger partial charge in [0.15, 0.2) is 0 Å². The Balaban J connectivity index is 1.55. The number of hydrogen-bond acceptors (Lipinski definition) is 3. The zero-order valence-corrected chi connectivity index (χ0v) is 14.9. The summed E-state index contributed by atoms with van der Waals surface area (Å²) in [6.45, 7) is 0.512. The van der Waals surface area contributed by atoms with Gasteiger partial charge in [-0.25, -0.2) is 0 Å². The number of aromatic hydroxyl groups is 1. The van der Waals surface area contributed by atoms with Crippen molar-refractivity contribution in [2.45, 2.75) is 25.6 Å². The second-order valence-corrected chi connectivity index (χ2v) is 6.91. The SMILES string of the molecule is O=C(N1CCc2ccc(Cn3cc4ncccc4c3O)cc2CC1)C(F)(F)F. The van der Waals surface area contributed by atoms with E-state index in [9.17, 15) is 23.1 Å². The first-order valence-corrected chi connectivity index (χ1v) is 8.92. The third-order valence-corrected chi connectivity index (χ3v) is 5.09. The van der Waals surface area contributed by atoms with Gasteiger partial charge in [0.2, 0.25) is 5.88 Å². The first-order valence-electron chi connectivity index (χ1n) is 8.92. The van der Waals surface area contributed by atoms with Crippen molar-refractivity contribution in [3.05, 3.63) is 59.4 Å². The molecule has 0 bridgehead atoms. The Bertz CT molecular complexity index is 1040. The van der Waals surface area contributed by atoms with Gasteiger partial charge in [-0.05, 0) is 41.7 Å². The van der Waals surface area contributed by atoms with Gasteiger partial charge in [-0.2, -0.15) is 13.2 Å². The molecule has 5 nitrogen and oxygen atoms in total. The molecule has 8 heteroatoms. The van der Waals surface area contributed by atoms with Crippen LogP contribution in [-0.2, 0) is 24.2 Å². The van der Waals surface area contributed by atoms with Crippen LogP contribution in [0.15, 0.2) is 42.7 Å². The third-order valence-electron chi connectivity index (χ3n) is 5.09. The van der Waals surface area contributed by atoms with E-state index in [1.54, 1.807) is 29.1 Å². The number of carbonyl (C=O) groups excluding carboxylic acids is 1. The fourth-order valence-electron chi connectivity index (χ4n) is 3.65. The highest BCUT2D eigenvalue weighted by atomic mass is 19.4. The average Bonchev–Trinajstić information content (AvgIpc) is 2.84. The summed E-state index contributed by atoms with van der Waals surface area (Å²) in [5.74, 6) is -1.66. The van der Waals surface area contributed by atoms with Gasteiger partial charge in [0, 0.05) is 25.5 Å². The van der Waals surface area contributed by atoms with E-state index >= 15 is 0 Å². The standard InChI is InChI=1S/C20H18F3N3O2/c21-20(22,23)19(28)25-8-5-14-4-3-13(10-15(14)6-9-25)11-26-12-17-16(18(26)27)2-1-7-24-17/h1-4,7,10,12,27H,5-6,8-9,11H2. The third kappa shape index (κ3) is 3.42. The molecule has 28 heavy (non-hydrogen) atoms. The number of nitrogens with zero attached hydrogens (tertiary/aromatic N) is 3. The lowest BCUT2D eigenvalue weighted by Crippen LogP contribution is -2.42. The minimum atomic E-state index is -4.84. The molecule has 0 saturated heterocycles. The van der Waals surface area contributed by atoms with Gasteiger partial charge in [0.05, 0.1) is 17.4 Å². The van der Waals surface area contributed by atoms with Gasteiger partial charge in [-0.1, -0.05) is 18.2 Å². The van der Waals surface area contributed by atoms with Crippen LogP contribution in [0.1, 0.15) is 16.7 Å². The molecule has 2 aromatic heterocycles. The highest BCUT2D eigenvalue weighted by Gasteiger charge is 2.42. The van der Waals surface area contributed by atoms with E-state index < -0.39 is 12.1 Å². The number of aromatic nitrogens is 2. The van der Waals surface area contributed by atoms with Gasteiger partial charge < -0.3 is 14.6 Å². The second-order valence-electron chi connectivity index (χ2n) is 6.91. The van der Waals surface area contributed by atoms with Crippen LogP contribution < -0.4 is 0 Å². The predicted molar refractivity (Wildman–Crippen MR) is 97.0 cm³/mol. The summed E-state index contributed by atoms with van der Waals surface area (Å²) in [4.78, 5) is 16.6. The summed E-state index contributed by atoms with van der Waals surface area (Å²) >= 11 is 0. The van der Waals surface area contributed by atoms with E-state index in [1.807, 2.05) is 18.2 Å². The number of fused-ring (bicyclic) bond motifs is 2. The average molecular weight is 389 g/mol. The lowest BCUT2D eigenvalue weighted by molar-refractivity contribution is -0.185. The molecule has 4 rings (SSSR count). The number of alkyl halides is 3. The summed E-state index contributed by atoms with van der Waals surface area (Å²) in [7, 11) is 0. The maximum Gasteiger partial charge on any atom is 0.471 e. The van der Waals surface area contributed by atoms with Crippen LogP contribution in [0, 0.1) is 0 Å². The van der Waals surface area contributed by atoms with E-state index in [0.717, 1.165) is 21.6 Å². The first-order chi connectivity index (χ1) is 13.3. The molecule has 1 amide bonds. The molecule has 3 heterocycles. The molecule has 0 aliphatic carbocycles. The van der Waals surface area contributed by atoms with Crippen molar-refractivity contribution in [1.82, 2.24) is 14.5 Å². The summed E-state index contributed by atoms with van der Waals surface area (Å²) < 4.78 is 39.8. The number of hydrogen-bond donors (Lipinski definition) is 1. The molecule has 0 spiro atoms. The molecule has 1 aromatic carbocycles. The molecule has 0 fully saturated rings. The highest BCUT2D eigenvalue weighted by Crippen LogP contribution is 2.27. The van der Waals surface area contributed by atoms with E-state index in [4.69, 9.17) is 0 Å². The molecule has 0 unspecified atom stereocenters. The Hall–Kier alpha value is -3.03. The maximum atomic E-state index is 12.7. The van der Waals surface area contributed by atoms with Crippen LogP contribution in [0.4, 0.5) is 13.2 Å². The number of amides is 1. The molecule has 1 aliphatic heterocycles. The molecule has 1 aliphatic rings. The number of halogens is 3. The molecule has 0 saturated carbocycles. The molecular weight excluding hydrogens is 371 g/mol. The van der Waals surface area contributed by atoms with E-state index in [2.05, 4.69) is 4.98 Å². The molecule has 0 radical (unpaired) electrons. The fourth-order valence-corrected chi connectivity index (χ4v) is 3.65. The summed E-state index contributed by atoms with van der Waals surface area (Å²) in [6.07, 6.45) is -0.668. The van der Waals surface area contributed by atoms with Crippen LogP contribution in [-0.4, -0.2) is 44.7 Å². The Morgan fingerprint density at radius 1 is 1.14 bits per heavy atom. The van der Waals surface area contributed by atoms with Crippen molar-refractivity contribution in [3.63, 3.8) is 0 Å². The predicted octanol–water partition coefficient (Wildman–Crippen LogP) is 3.28. The molecule has 0 atom stereocenters. The van der Waals surface area contributed by atoms with Gasteiger partial charge in [0.25, 0.3) is 0 Å². The van der Waals surface area contributed by atoms with Crippen LogP contribution in [0.5, 0.6) is 5.88 Å². The van der Waals surface area contributed by atoms with Crippen LogP contribution >= 0.6 is 0 Å². The monoisotopic (exact) mass is 389 g/mol. The number of carbonyl (C=O) groups is 1. The number of benzene rings is 1. The van der Waals surface area contributed by atoms with Crippen molar-refractivity contribution < 1.29 is 23.1 Å². The lowest BCUT2D eigenvalue weighted by atomic mass is 10.00. The van der Waals surface area contributed by atoms with Gasteiger partial charge in [-0.3, -0.25) is 9.78 Å². The number of rotatable bonds is 2. The quantitative estimate of drug-likeness (QED) is 0.732. The van der Waals surface area contributed by atoms with E-state index in [0.29, 0.717) is 30.3 Å². The van der Waals surface area contributed by atoms with Crippen molar-refractivity contribution in [2.75, 3.05) is 13.1 Å². The van der Waals surface area contributed by atoms with Crippen molar-refractivity contribution in [2.24, 2.45) is 0 Å². The maximum absolute atomic E-state index is 12.7. The lowest BCUT2D eigenvalue weighted by Gasteiger charge is -2.21. The normalized spacial score (nSPS) is 14.8. The van der Waals surface area contributed by atoms with Gasteiger partial charge >= 0.3 is 12.1 Å². The molecule has 1 N–H and O–H groups in total. The van der Waals surface area contributed by atoms with Gasteiger partial charge in [-0.15, -0.1) is 0 Å².